The summed E-state index contributed by atoms with van der Waals surface area (Å²) in [5.41, 5.74) is 1.67. The standard InChI is InChI=1S/C9H9BrFN/c1-7-8(3-2-6-10)4-5-9(11)12-7/h2-5H,6H2,1H3. The SMILES string of the molecule is Cc1nc(F)ccc1C=CCBr. The van der Waals surface area contributed by atoms with Crippen LogP contribution in [0.2, 0.25) is 0 Å². The molecule has 0 unspecified atom stereocenters. The second kappa shape index (κ2) is 4.36. The van der Waals surface area contributed by atoms with Crippen molar-refractivity contribution >= 4 is 22.0 Å². The molecule has 0 saturated heterocycles. The highest BCUT2D eigenvalue weighted by Gasteiger charge is 1.96. The number of hydrogen-bond acceptors (Lipinski definition) is 1. The molecule has 0 atom stereocenters. The van der Waals surface area contributed by atoms with Gasteiger partial charge in [-0.15, -0.1) is 0 Å². The van der Waals surface area contributed by atoms with E-state index in [0.717, 1.165) is 10.9 Å². The van der Waals surface area contributed by atoms with E-state index in [4.69, 9.17) is 0 Å². The van der Waals surface area contributed by atoms with E-state index >= 15 is 0 Å². The lowest BCUT2D eigenvalue weighted by Gasteiger charge is -1.97. The van der Waals surface area contributed by atoms with Crippen LogP contribution in [0.25, 0.3) is 6.08 Å². The molecule has 0 aliphatic carbocycles. The predicted molar refractivity (Wildman–Crippen MR) is 51.8 cm³/mol. The average Bonchev–Trinajstić information content (AvgIpc) is 2.03. The first-order chi connectivity index (χ1) is 5.74. The summed E-state index contributed by atoms with van der Waals surface area (Å²) in [6.07, 6.45) is 3.86. The maximum absolute atomic E-state index is 12.5. The fourth-order valence-electron chi connectivity index (χ4n) is 0.889. The van der Waals surface area contributed by atoms with Gasteiger partial charge in [-0.3, -0.25) is 0 Å². The van der Waals surface area contributed by atoms with Gasteiger partial charge in [0.25, 0.3) is 0 Å². The van der Waals surface area contributed by atoms with E-state index in [9.17, 15) is 4.39 Å². The van der Waals surface area contributed by atoms with E-state index in [1.807, 2.05) is 12.2 Å². The summed E-state index contributed by atoms with van der Waals surface area (Å²) in [7, 11) is 0. The molecule has 0 aliphatic rings. The van der Waals surface area contributed by atoms with E-state index in [2.05, 4.69) is 20.9 Å². The summed E-state index contributed by atoms with van der Waals surface area (Å²) < 4.78 is 12.5. The molecule has 1 aromatic heterocycles. The van der Waals surface area contributed by atoms with Crippen LogP contribution < -0.4 is 0 Å². The summed E-state index contributed by atoms with van der Waals surface area (Å²) in [5.74, 6) is -0.427. The molecule has 3 heteroatoms. The molecule has 1 heterocycles. The molecule has 1 nitrogen and oxygen atoms in total. The number of alkyl halides is 1. The van der Waals surface area contributed by atoms with Crippen molar-refractivity contribution in [3.05, 3.63) is 35.4 Å². The predicted octanol–water partition coefficient (Wildman–Crippen LogP) is 2.94. The molecule has 12 heavy (non-hydrogen) atoms. The minimum atomic E-state index is -0.427. The second-order valence-corrected chi connectivity index (χ2v) is 3.01. The fraction of sp³-hybridized carbons (Fsp3) is 0.222. The zero-order valence-electron chi connectivity index (χ0n) is 6.72. The van der Waals surface area contributed by atoms with E-state index < -0.39 is 5.95 Å². The zero-order chi connectivity index (χ0) is 8.97. The van der Waals surface area contributed by atoms with Crippen LogP contribution in [0.15, 0.2) is 18.2 Å². The van der Waals surface area contributed by atoms with Crippen molar-refractivity contribution in [3.63, 3.8) is 0 Å². The highest BCUT2D eigenvalue weighted by molar-refractivity contribution is 9.09. The van der Waals surface area contributed by atoms with E-state index in [1.54, 1.807) is 13.0 Å². The van der Waals surface area contributed by atoms with Crippen molar-refractivity contribution in [1.29, 1.82) is 0 Å². The van der Waals surface area contributed by atoms with Gasteiger partial charge in [-0.25, -0.2) is 4.98 Å². The Balaban J connectivity index is 2.94. The van der Waals surface area contributed by atoms with Crippen molar-refractivity contribution in [2.24, 2.45) is 0 Å². The van der Waals surface area contributed by atoms with Gasteiger partial charge in [0.1, 0.15) is 0 Å². The number of nitrogens with zero attached hydrogens (tertiary/aromatic N) is 1. The van der Waals surface area contributed by atoms with Gasteiger partial charge >= 0.3 is 0 Å². The molecule has 1 rings (SSSR count). The molecule has 0 aromatic carbocycles. The van der Waals surface area contributed by atoms with Crippen LogP contribution in [0.5, 0.6) is 0 Å². The van der Waals surface area contributed by atoms with Crippen LogP contribution >= 0.6 is 15.9 Å². The number of aromatic nitrogens is 1. The first-order valence-electron chi connectivity index (χ1n) is 3.59. The molecule has 0 N–H and O–H groups in total. The number of aryl methyl sites for hydroxylation is 1. The Bertz CT molecular complexity index is 297. The van der Waals surface area contributed by atoms with Gasteiger partial charge in [0.2, 0.25) is 5.95 Å². The second-order valence-electron chi connectivity index (χ2n) is 2.37. The van der Waals surface area contributed by atoms with Crippen LogP contribution in [0.1, 0.15) is 11.3 Å². The number of allylic oxidation sites excluding steroid dienone is 1. The van der Waals surface area contributed by atoms with Crippen LogP contribution in [0, 0.1) is 12.9 Å². The lowest BCUT2D eigenvalue weighted by molar-refractivity contribution is 0.580. The van der Waals surface area contributed by atoms with Gasteiger partial charge in [0.05, 0.1) is 0 Å². The molecule has 0 bridgehead atoms. The third-order valence-corrected chi connectivity index (χ3v) is 1.85. The number of halogens is 2. The van der Waals surface area contributed by atoms with Crippen LogP contribution in [0.4, 0.5) is 4.39 Å². The van der Waals surface area contributed by atoms with Gasteiger partial charge in [-0.1, -0.05) is 28.1 Å². The summed E-state index contributed by atoms with van der Waals surface area (Å²) in [6.45, 7) is 1.79. The average molecular weight is 230 g/mol. The third-order valence-electron chi connectivity index (χ3n) is 1.48. The van der Waals surface area contributed by atoms with Gasteiger partial charge in [0, 0.05) is 11.0 Å². The number of rotatable bonds is 2. The van der Waals surface area contributed by atoms with Gasteiger partial charge in [-0.05, 0) is 24.6 Å². The summed E-state index contributed by atoms with van der Waals surface area (Å²) in [5, 5.41) is 0.795. The Morgan fingerprint density at radius 3 is 2.92 bits per heavy atom. The molecule has 0 saturated carbocycles. The Morgan fingerprint density at radius 2 is 2.33 bits per heavy atom. The topological polar surface area (TPSA) is 12.9 Å². The smallest absolute Gasteiger partial charge is 0.213 e. The highest BCUT2D eigenvalue weighted by atomic mass is 79.9. The third kappa shape index (κ3) is 2.41. The van der Waals surface area contributed by atoms with E-state index in [0.29, 0.717) is 5.69 Å². The van der Waals surface area contributed by atoms with Crippen molar-refractivity contribution < 1.29 is 4.39 Å². The first kappa shape index (κ1) is 9.39. The van der Waals surface area contributed by atoms with Gasteiger partial charge in [-0.2, -0.15) is 4.39 Å². The molecule has 64 valence electrons. The lowest BCUT2D eigenvalue weighted by atomic mass is 10.2. The molecule has 0 fully saturated rings. The first-order valence-corrected chi connectivity index (χ1v) is 4.72. The molecular weight excluding hydrogens is 221 g/mol. The Morgan fingerprint density at radius 1 is 1.58 bits per heavy atom. The lowest BCUT2D eigenvalue weighted by Crippen LogP contribution is -1.89. The summed E-state index contributed by atoms with van der Waals surface area (Å²) in [6, 6.07) is 3.08. The number of pyridine rings is 1. The molecular formula is C9H9BrFN. The molecule has 0 aliphatic heterocycles. The fourth-order valence-corrected chi connectivity index (χ4v) is 1.08. The minimum absolute atomic E-state index is 0.427. The largest absolute Gasteiger partial charge is 0.225 e. The normalized spacial score (nSPS) is 10.9. The van der Waals surface area contributed by atoms with Crippen LogP contribution in [-0.4, -0.2) is 10.3 Å². The maximum atomic E-state index is 12.5. The summed E-state index contributed by atoms with van der Waals surface area (Å²) in [4.78, 5) is 3.69. The molecule has 0 amide bonds. The zero-order valence-corrected chi connectivity index (χ0v) is 8.31. The van der Waals surface area contributed by atoms with Gasteiger partial charge in [0.15, 0.2) is 0 Å². The minimum Gasteiger partial charge on any atom is -0.225 e. The van der Waals surface area contributed by atoms with E-state index in [1.165, 1.54) is 6.07 Å². The summed E-state index contributed by atoms with van der Waals surface area (Å²) >= 11 is 3.26. The molecule has 1 aromatic rings. The van der Waals surface area contributed by atoms with Crippen molar-refractivity contribution in [1.82, 2.24) is 4.98 Å². The van der Waals surface area contributed by atoms with Crippen LogP contribution in [-0.2, 0) is 0 Å². The molecule has 0 spiro atoms. The molecule has 0 radical (unpaired) electrons. The number of hydrogen-bond donors (Lipinski definition) is 0. The Kier molecular flexibility index (Phi) is 3.41. The Labute approximate surface area is 79.5 Å². The van der Waals surface area contributed by atoms with Crippen molar-refractivity contribution in [2.75, 3.05) is 5.33 Å². The van der Waals surface area contributed by atoms with Crippen LogP contribution in [0.3, 0.4) is 0 Å². The maximum Gasteiger partial charge on any atom is 0.213 e. The highest BCUT2D eigenvalue weighted by Crippen LogP contribution is 2.08. The van der Waals surface area contributed by atoms with E-state index in [-0.39, 0.29) is 0 Å². The van der Waals surface area contributed by atoms with Crippen molar-refractivity contribution in [2.45, 2.75) is 6.92 Å². The van der Waals surface area contributed by atoms with Gasteiger partial charge < -0.3 is 0 Å². The Hall–Kier alpha value is -0.700. The monoisotopic (exact) mass is 229 g/mol. The quantitative estimate of drug-likeness (QED) is 0.562. The van der Waals surface area contributed by atoms with Crippen molar-refractivity contribution in [3.8, 4) is 0 Å².